The zero-order valence-corrected chi connectivity index (χ0v) is 16.2. The summed E-state index contributed by atoms with van der Waals surface area (Å²) in [4.78, 5) is 8.36. The molecule has 0 aliphatic rings. The maximum Gasteiger partial charge on any atom is 0.492 e. The Hall–Kier alpha value is -4.10. The molecule has 0 bridgehead atoms. The van der Waals surface area contributed by atoms with Crippen LogP contribution in [-0.2, 0) is 4.79 Å². The van der Waals surface area contributed by atoms with Crippen molar-refractivity contribution >= 4 is 35.6 Å². The fraction of sp³-hybridized carbons (Fsp3) is 0.0526. The summed E-state index contributed by atoms with van der Waals surface area (Å²) in [6.45, 7) is -3.39. The summed E-state index contributed by atoms with van der Waals surface area (Å²) in [5.41, 5.74) is 8.18. The van der Waals surface area contributed by atoms with Crippen molar-refractivity contribution in [2.24, 2.45) is 0 Å². The second-order valence-electron chi connectivity index (χ2n) is 6.25. The lowest BCUT2D eigenvalue weighted by atomic mass is 9.77. The quantitative estimate of drug-likeness (QED) is 0.261. The molecule has 10 nitrogen and oxygen atoms in total. The van der Waals surface area contributed by atoms with Crippen molar-refractivity contribution in [3.63, 3.8) is 0 Å². The van der Waals surface area contributed by atoms with Crippen LogP contribution in [0, 0.1) is 0 Å². The minimum atomic E-state index is -3.14. The van der Waals surface area contributed by atoms with Gasteiger partial charge in [-0.2, -0.15) is 24.1 Å². The summed E-state index contributed by atoms with van der Waals surface area (Å²) in [6, 6.07) is 9.52. The van der Waals surface area contributed by atoms with Gasteiger partial charge in [-0.15, -0.1) is 0 Å². The highest BCUT2D eigenvalue weighted by atomic mass is 19.3. The smallest absolute Gasteiger partial charge is 0.483 e. The summed E-state index contributed by atoms with van der Waals surface area (Å²) < 4.78 is 31.6. The predicted molar refractivity (Wildman–Crippen MR) is 112 cm³/mol. The number of alkyl halides is 2. The number of rotatable bonds is 5. The number of carbonyl (C=O) groups is 1. The number of nitrogen functional groups attached to an aromatic ring is 1. The highest BCUT2D eigenvalue weighted by molar-refractivity contribution is 6.60. The van der Waals surface area contributed by atoms with Crippen LogP contribution in [0.15, 0.2) is 55.0 Å². The van der Waals surface area contributed by atoms with Gasteiger partial charge in [0.1, 0.15) is 5.75 Å². The van der Waals surface area contributed by atoms with Crippen LogP contribution >= 0.6 is 0 Å². The van der Waals surface area contributed by atoms with Gasteiger partial charge >= 0.3 is 13.7 Å². The monoisotopic (exact) mass is 443 g/mol. The van der Waals surface area contributed by atoms with Crippen LogP contribution in [-0.4, -0.2) is 55.3 Å². The summed E-state index contributed by atoms with van der Waals surface area (Å²) in [5.74, 6) is -0.367. The zero-order chi connectivity index (χ0) is 23.3. The number of nitrogens with two attached hydrogens (primary N) is 1. The summed E-state index contributed by atoms with van der Waals surface area (Å²) >= 11 is 0. The minimum absolute atomic E-state index is 0.213. The number of aromatic nitrogens is 4. The Morgan fingerprint density at radius 2 is 1.97 bits per heavy atom. The van der Waals surface area contributed by atoms with Crippen LogP contribution < -0.4 is 15.9 Å². The van der Waals surface area contributed by atoms with Gasteiger partial charge in [0.25, 0.3) is 6.47 Å². The third-order valence-corrected chi connectivity index (χ3v) is 4.36. The van der Waals surface area contributed by atoms with Crippen molar-refractivity contribution in [1.29, 1.82) is 0 Å². The average molecular weight is 443 g/mol. The lowest BCUT2D eigenvalue weighted by molar-refractivity contribution is -0.122. The zero-order valence-electron chi connectivity index (χ0n) is 16.2. The number of hydrogen-bond acceptors (Lipinski definition) is 8. The highest BCUT2D eigenvalue weighted by Crippen LogP contribution is 2.32. The van der Waals surface area contributed by atoms with E-state index in [1.165, 1.54) is 29.2 Å². The Kier molecular flexibility index (Phi) is 6.92. The molecule has 5 N–H and O–H groups in total. The minimum Gasteiger partial charge on any atom is -0.483 e. The normalized spacial score (nSPS) is 10.5. The van der Waals surface area contributed by atoms with E-state index in [1.54, 1.807) is 30.5 Å². The van der Waals surface area contributed by atoms with E-state index in [-0.39, 0.29) is 17.7 Å². The number of carboxylic acid groups (broad SMARTS) is 1. The van der Waals surface area contributed by atoms with Crippen LogP contribution in [0.4, 0.5) is 14.5 Å². The van der Waals surface area contributed by atoms with E-state index in [1.807, 2.05) is 0 Å². The Balaban J connectivity index is 0.000000913. The van der Waals surface area contributed by atoms with Crippen LogP contribution in [0.25, 0.3) is 27.7 Å². The molecule has 2 aromatic heterocycles. The number of hydrogen-bond donors (Lipinski definition) is 4. The summed E-state index contributed by atoms with van der Waals surface area (Å²) in [7, 11) is -2.02. The lowest BCUT2D eigenvalue weighted by Crippen LogP contribution is -2.32. The van der Waals surface area contributed by atoms with E-state index in [9.17, 15) is 18.8 Å². The molecule has 0 saturated heterocycles. The third-order valence-electron chi connectivity index (χ3n) is 4.36. The van der Waals surface area contributed by atoms with Gasteiger partial charge in [0.2, 0.25) is 0 Å². The molecule has 0 amide bonds. The Bertz CT molecular complexity index is 1220. The second kappa shape index (κ2) is 9.81. The standard InChI is InChI=1S/C18H14BF2N5O3.CH2O2/c20-18(21)29-17-8-16(26-5-1-4-24-26)12(7-13(17)19(27)28)10-2-3-11-14(22)9-23-25-15(11)6-10;2-1-3/h1-9,18,27-28H,(H2,22,25);1H,(H,2,3). The molecule has 13 heteroatoms. The predicted octanol–water partition coefficient (Wildman–Crippen LogP) is 1.05. The molecule has 4 aromatic rings. The number of fused-ring (bicyclic) bond motifs is 1. The van der Waals surface area contributed by atoms with E-state index >= 15 is 0 Å². The fourth-order valence-corrected chi connectivity index (χ4v) is 3.07. The van der Waals surface area contributed by atoms with Gasteiger partial charge in [0.05, 0.1) is 23.1 Å². The van der Waals surface area contributed by atoms with E-state index in [0.29, 0.717) is 33.4 Å². The van der Waals surface area contributed by atoms with E-state index in [2.05, 4.69) is 20.0 Å². The van der Waals surface area contributed by atoms with Crippen molar-refractivity contribution < 1.29 is 33.5 Å². The van der Waals surface area contributed by atoms with Gasteiger partial charge in [-0.05, 0) is 29.8 Å². The molecule has 164 valence electrons. The third kappa shape index (κ3) is 4.79. The molecule has 0 aliphatic carbocycles. The maximum atomic E-state index is 12.8. The van der Waals surface area contributed by atoms with E-state index in [4.69, 9.17) is 15.6 Å². The number of ether oxygens (including phenoxy) is 1. The molecular weight excluding hydrogens is 427 g/mol. The van der Waals surface area contributed by atoms with Gasteiger partial charge in [-0.25, -0.2) is 4.68 Å². The molecule has 0 spiro atoms. The Morgan fingerprint density at radius 3 is 2.59 bits per heavy atom. The lowest BCUT2D eigenvalue weighted by Gasteiger charge is -2.17. The van der Waals surface area contributed by atoms with Crippen molar-refractivity contribution in [1.82, 2.24) is 20.0 Å². The topological polar surface area (TPSA) is 157 Å². The first-order valence-corrected chi connectivity index (χ1v) is 8.93. The van der Waals surface area contributed by atoms with E-state index in [0.717, 1.165) is 0 Å². The molecule has 0 radical (unpaired) electrons. The second-order valence-corrected chi connectivity index (χ2v) is 6.25. The number of anilines is 1. The molecule has 4 rings (SSSR count). The first-order chi connectivity index (χ1) is 15.3. The molecule has 2 aromatic carbocycles. The van der Waals surface area contributed by atoms with Gasteiger partial charge in [0, 0.05) is 34.9 Å². The van der Waals surface area contributed by atoms with Gasteiger partial charge in [-0.3, -0.25) is 4.79 Å². The molecule has 0 fully saturated rings. The molecule has 0 saturated carbocycles. The largest absolute Gasteiger partial charge is 0.492 e. The first-order valence-electron chi connectivity index (χ1n) is 8.93. The van der Waals surface area contributed by atoms with Crippen LogP contribution in [0.1, 0.15) is 0 Å². The molecule has 0 aliphatic heterocycles. The van der Waals surface area contributed by atoms with Gasteiger partial charge in [0.15, 0.2) is 0 Å². The molecule has 2 heterocycles. The number of halogens is 2. The van der Waals surface area contributed by atoms with Crippen molar-refractivity contribution in [3.05, 3.63) is 55.0 Å². The van der Waals surface area contributed by atoms with Crippen molar-refractivity contribution in [2.75, 3.05) is 5.73 Å². The fourth-order valence-electron chi connectivity index (χ4n) is 3.07. The van der Waals surface area contributed by atoms with Crippen molar-refractivity contribution in [3.8, 4) is 22.6 Å². The van der Waals surface area contributed by atoms with Crippen LogP contribution in [0.3, 0.4) is 0 Å². The Labute approximate surface area is 179 Å². The van der Waals surface area contributed by atoms with Gasteiger partial charge < -0.3 is 25.6 Å². The maximum absolute atomic E-state index is 12.8. The Morgan fingerprint density at radius 1 is 1.22 bits per heavy atom. The van der Waals surface area contributed by atoms with Gasteiger partial charge in [-0.1, -0.05) is 6.07 Å². The first kappa shape index (κ1) is 22.6. The SMILES string of the molecule is Nc1cnnc2cc(-c3cc(B(O)O)c(OC(F)F)cc3-n3cccn3)ccc12.O=CO. The van der Waals surface area contributed by atoms with E-state index < -0.39 is 13.7 Å². The highest BCUT2D eigenvalue weighted by Gasteiger charge is 2.24. The molecule has 0 unspecified atom stereocenters. The van der Waals surface area contributed by atoms with Crippen LogP contribution in [0.2, 0.25) is 0 Å². The summed E-state index contributed by atoms with van der Waals surface area (Å²) in [6.07, 6.45) is 4.59. The van der Waals surface area contributed by atoms with Crippen LogP contribution in [0.5, 0.6) is 5.75 Å². The molecule has 0 atom stereocenters. The average Bonchev–Trinajstić information content (AvgIpc) is 3.28. The summed E-state index contributed by atoms with van der Waals surface area (Å²) in [5, 5.41) is 39.0. The number of nitrogens with zero attached hydrogens (tertiary/aromatic N) is 4. The number of benzene rings is 2. The molecular formula is C19H16BF2N5O5. The molecule has 32 heavy (non-hydrogen) atoms. The van der Waals surface area contributed by atoms with Crippen molar-refractivity contribution in [2.45, 2.75) is 6.61 Å².